The van der Waals surface area contributed by atoms with Crippen molar-refractivity contribution in [2.24, 2.45) is 0 Å². The highest BCUT2D eigenvalue weighted by molar-refractivity contribution is 4.82. The minimum atomic E-state index is 0.370. The first-order chi connectivity index (χ1) is 6.24. The SMILES string of the molecule is CC(C)N1CCCC[C@@H](NC#N)C1. The average molecular weight is 181 g/mol. The standard InChI is InChI=1S/C10H19N3/c1-9(2)13-6-4-3-5-10(7-13)12-8-11/h9-10,12H,3-7H2,1-2H3/t10-/m1/s1. The van der Waals surface area contributed by atoms with Gasteiger partial charge in [-0.25, -0.2) is 0 Å². The van der Waals surface area contributed by atoms with Crippen LogP contribution < -0.4 is 5.32 Å². The molecule has 1 aliphatic heterocycles. The van der Waals surface area contributed by atoms with Gasteiger partial charge in [-0.2, -0.15) is 5.26 Å². The molecule has 1 N–H and O–H groups in total. The van der Waals surface area contributed by atoms with Gasteiger partial charge in [0.1, 0.15) is 0 Å². The molecular formula is C10H19N3. The summed E-state index contributed by atoms with van der Waals surface area (Å²) in [5.41, 5.74) is 0. The molecule has 1 atom stereocenters. The molecule has 0 aromatic carbocycles. The normalized spacial score (nSPS) is 25.2. The third-order valence-electron chi connectivity index (χ3n) is 2.70. The molecule has 1 saturated heterocycles. The second-order valence-electron chi connectivity index (χ2n) is 4.04. The first-order valence-electron chi connectivity index (χ1n) is 5.12. The van der Waals surface area contributed by atoms with Crippen LogP contribution in [0.5, 0.6) is 0 Å². The molecule has 1 fully saturated rings. The van der Waals surface area contributed by atoms with E-state index >= 15 is 0 Å². The Kier molecular flexibility index (Phi) is 4.04. The number of rotatable bonds is 2. The van der Waals surface area contributed by atoms with E-state index in [0.717, 1.165) is 13.0 Å². The van der Waals surface area contributed by atoms with Gasteiger partial charge < -0.3 is 5.32 Å². The van der Waals surface area contributed by atoms with Crippen molar-refractivity contribution in [2.75, 3.05) is 13.1 Å². The van der Waals surface area contributed by atoms with E-state index in [1.807, 2.05) is 6.19 Å². The van der Waals surface area contributed by atoms with Gasteiger partial charge in [0.05, 0.1) is 0 Å². The molecule has 1 heterocycles. The lowest BCUT2D eigenvalue weighted by Gasteiger charge is -2.27. The molecule has 13 heavy (non-hydrogen) atoms. The van der Waals surface area contributed by atoms with E-state index in [-0.39, 0.29) is 0 Å². The Morgan fingerprint density at radius 3 is 2.85 bits per heavy atom. The van der Waals surface area contributed by atoms with Crippen LogP contribution in [-0.4, -0.2) is 30.1 Å². The van der Waals surface area contributed by atoms with E-state index in [2.05, 4.69) is 24.1 Å². The van der Waals surface area contributed by atoms with Gasteiger partial charge in [0, 0.05) is 18.6 Å². The van der Waals surface area contributed by atoms with Gasteiger partial charge in [-0.3, -0.25) is 4.90 Å². The Labute approximate surface area is 80.7 Å². The summed E-state index contributed by atoms with van der Waals surface area (Å²) in [4.78, 5) is 2.45. The van der Waals surface area contributed by atoms with Crippen LogP contribution in [0, 0.1) is 11.5 Å². The summed E-state index contributed by atoms with van der Waals surface area (Å²) in [5, 5.41) is 11.4. The van der Waals surface area contributed by atoms with Crippen molar-refractivity contribution >= 4 is 0 Å². The van der Waals surface area contributed by atoms with Gasteiger partial charge in [-0.1, -0.05) is 6.42 Å². The van der Waals surface area contributed by atoms with Gasteiger partial charge in [-0.15, -0.1) is 0 Å². The zero-order valence-corrected chi connectivity index (χ0v) is 8.58. The average Bonchev–Trinajstić information content (AvgIpc) is 2.30. The van der Waals surface area contributed by atoms with Crippen molar-refractivity contribution in [3.8, 4) is 6.19 Å². The molecule has 0 aliphatic carbocycles. The van der Waals surface area contributed by atoms with Crippen molar-refractivity contribution < 1.29 is 0 Å². The Balaban J connectivity index is 2.45. The molecule has 74 valence electrons. The molecule has 0 radical (unpaired) electrons. The predicted molar refractivity (Wildman–Crippen MR) is 53.1 cm³/mol. The zero-order valence-electron chi connectivity index (χ0n) is 8.58. The molecule has 1 aliphatic rings. The second-order valence-corrected chi connectivity index (χ2v) is 4.04. The van der Waals surface area contributed by atoms with Crippen molar-refractivity contribution in [1.29, 1.82) is 5.26 Å². The maximum absolute atomic E-state index is 8.56. The summed E-state index contributed by atoms with van der Waals surface area (Å²) in [6.07, 6.45) is 5.69. The van der Waals surface area contributed by atoms with E-state index in [9.17, 15) is 0 Å². The predicted octanol–water partition coefficient (Wildman–Crippen LogP) is 1.32. The number of nitriles is 1. The van der Waals surface area contributed by atoms with E-state index in [1.165, 1.54) is 19.4 Å². The van der Waals surface area contributed by atoms with E-state index in [4.69, 9.17) is 5.26 Å². The van der Waals surface area contributed by atoms with Crippen LogP contribution >= 0.6 is 0 Å². The van der Waals surface area contributed by atoms with Gasteiger partial charge in [0.25, 0.3) is 0 Å². The van der Waals surface area contributed by atoms with Crippen LogP contribution in [0.15, 0.2) is 0 Å². The minimum Gasteiger partial charge on any atom is -0.319 e. The van der Waals surface area contributed by atoms with Gasteiger partial charge in [0.2, 0.25) is 0 Å². The molecule has 0 aromatic rings. The molecule has 0 unspecified atom stereocenters. The molecular weight excluding hydrogens is 162 g/mol. The number of nitrogens with zero attached hydrogens (tertiary/aromatic N) is 2. The van der Waals surface area contributed by atoms with Crippen LogP contribution in [0.3, 0.4) is 0 Å². The molecule has 0 aromatic heterocycles. The van der Waals surface area contributed by atoms with Crippen LogP contribution in [0.1, 0.15) is 33.1 Å². The molecule has 0 bridgehead atoms. The molecule has 0 amide bonds. The lowest BCUT2D eigenvalue weighted by molar-refractivity contribution is 0.216. The summed E-state index contributed by atoms with van der Waals surface area (Å²) in [5.74, 6) is 0. The highest BCUT2D eigenvalue weighted by Gasteiger charge is 2.18. The third-order valence-corrected chi connectivity index (χ3v) is 2.70. The minimum absolute atomic E-state index is 0.370. The number of hydrogen-bond acceptors (Lipinski definition) is 3. The number of likely N-dealkylation sites (tertiary alicyclic amines) is 1. The second kappa shape index (κ2) is 5.08. The van der Waals surface area contributed by atoms with E-state index in [1.54, 1.807) is 0 Å². The van der Waals surface area contributed by atoms with E-state index < -0.39 is 0 Å². The van der Waals surface area contributed by atoms with Crippen LogP contribution in [0.25, 0.3) is 0 Å². The maximum Gasteiger partial charge on any atom is 0.176 e. The third kappa shape index (κ3) is 3.23. The Bertz CT molecular complexity index is 183. The van der Waals surface area contributed by atoms with Crippen molar-refractivity contribution in [2.45, 2.75) is 45.2 Å². The zero-order chi connectivity index (χ0) is 9.68. The highest BCUT2D eigenvalue weighted by Crippen LogP contribution is 2.12. The number of nitrogens with one attached hydrogen (secondary N) is 1. The fraction of sp³-hybridized carbons (Fsp3) is 0.900. The van der Waals surface area contributed by atoms with Crippen LogP contribution in [-0.2, 0) is 0 Å². The molecule has 3 heteroatoms. The van der Waals surface area contributed by atoms with Crippen molar-refractivity contribution in [1.82, 2.24) is 10.2 Å². The lowest BCUT2D eigenvalue weighted by atomic mass is 10.1. The fourth-order valence-electron chi connectivity index (χ4n) is 1.85. The molecule has 1 rings (SSSR count). The van der Waals surface area contributed by atoms with Crippen molar-refractivity contribution in [3.63, 3.8) is 0 Å². The fourth-order valence-corrected chi connectivity index (χ4v) is 1.85. The summed E-state index contributed by atoms with van der Waals surface area (Å²) in [6.45, 7) is 6.63. The summed E-state index contributed by atoms with van der Waals surface area (Å²) in [6, 6.07) is 0.969. The van der Waals surface area contributed by atoms with Gasteiger partial charge >= 0.3 is 0 Å². The Morgan fingerprint density at radius 2 is 2.23 bits per heavy atom. The summed E-state index contributed by atoms with van der Waals surface area (Å²) in [7, 11) is 0. The summed E-state index contributed by atoms with van der Waals surface area (Å²) >= 11 is 0. The Morgan fingerprint density at radius 1 is 1.46 bits per heavy atom. The van der Waals surface area contributed by atoms with E-state index in [0.29, 0.717) is 12.1 Å². The Hall–Kier alpha value is -0.750. The van der Waals surface area contributed by atoms with Crippen LogP contribution in [0.2, 0.25) is 0 Å². The van der Waals surface area contributed by atoms with Gasteiger partial charge in [0.15, 0.2) is 6.19 Å². The topological polar surface area (TPSA) is 39.1 Å². The lowest BCUT2D eigenvalue weighted by Crippen LogP contribution is -2.41. The smallest absolute Gasteiger partial charge is 0.176 e. The molecule has 0 spiro atoms. The van der Waals surface area contributed by atoms with Gasteiger partial charge in [-0.05, 0) is 33.2 Å². The first-order valence-corrected chi connectivity index (χ1v) is 5.12. The highest BCUT2D eigenvalue weighted by atomic mass is 15.2. The maximum atomic E-state index is 8.56. The van der Waals surface area contributed by atoms with Crippen molar-refractivity contribution in [3.05, 3.63) is 0 Å². The first kappa shape index (κ1) is 10.3. The monoisotopic (exact) mass is 181 g/mol. The van der Waals surface area contributed by atoms with Crippen LogP contribution in [0.4, 0.5) is 0 Å². The quantitative estimate of drug-likeness (QED) is 0.516. The molecule has 3 nitrogen and oxygen atoms in total. The largest absolute Gasteiger partial charge is 0.319 e. The summed E-state index contributed by atoms with van der Waals surface area (Å²) < 4.78 is 0. The molecule has 0 saturated carbocycles. The number of hydrogen-bond donors (Lipinski definition) is 1.